The highest BCUT2D eigenvalue weighted by Gasteiger charge is 2.33. The van der Waals surface area contributed by atoms with Crippen LogP contribution in [0.5, 0.6) is 0 Å². The van der Waals surface area contributed by atoms with Crippen LogP contribution in [0.15, 0.2) is 24.3 Å². The zero-order valence-corrected chi connectivity index (χ0v) is 18.2. The number of esters is 1. The summed E-state index contributed by atoms with van der Waals surface area (Å²) in [7, 11) is -3.10. The summed E-state index contributed by atoms with van der Waals surface area (Å²) < 4.78 is 28.3. The van der Waals surface area contributed by atoms with Crippen LogP contribution in [0.3, 0.4) is 0 Å². The quantitative estimate of drug-likeness (QED) is 0.671. The number of sulfone groups is 1. The lowest BCUT2D eigenvalue weighted by atomic mass is 9.96. The van der Waals surface area contributed by atoms with Crippen LogP contribution in [0.2, 0.25) is 5.02 Å². The zero-order chi connectivity index (χ0) is 21.9. The fourth-order valence-electron chi connectivity index (χ4n) is 3.64. The molecular weight excluding hydrogens is 432 g/mol. The van der Waals surface area contributed by atoms with E-state index in [4.69, 9.17) is 16.3 Å². The van der Waals surface area contributed by atoms with Gasteiger partial charge in [-0.3, -0.25) is 14.4 Å². The van der Waals surface area contributed by atoms with Crippen molar-refractivity contribution >= 4 is 39.2 Å². The average molecular weight is 457 g/mol. The molecule has 164 valence electrons. The van der Waals surface area contributed by atoms with Crippen LogP contribution in [0.25, 0.3) is 0 Å². The van der Waals surface area contributed by atoms with Gasteiger partial charge in [0.25, 0.3) is 11.8 Å². The Hall–Kier alpha value is -2.13. The first kappa shape index (κ1) is 22.6. The molecule has 0 aliphatic carbocycles. The van der Waals surface area contributed by atoms with Crippen LogP contribution in [0.4, 0.5) is 0 Å². The first-order chi connectivity index (χ1) is 14.1. The number of nitrogens with zero attached hydrogens (tertiary/aromatic N) is 1. The molecule has 2 heterocycles. The second-order valence-electron chi connectivity index (χ2n) is 7.76. The van der Waals surface area contributed by atoms with Crippen molar-refractivity contribution in [3.63, 3.8) is 0 Å². The minimum absolute atomic E-state index is 0.0550. The van der Waals surface area contributed by atoms with Crippen LogP contribution < -0.4 is 5.32 Å². The maximum absolute atomic E-state index is 12.5. The molecule has 0 aromatic heterocycles. The second kappa shape index (κ2) is 9.34. The Bertz CT molecular complexity index is 910. The van der Waals surface area contributed by atoms with Gasteiger partial charge in [0.1, 0.15) is 0 Å². The predicted molar refractivity (Wildman–Crippen MR) is 111 cm³/mol. The molecule has 0 bridgehead atoms. The number of nitrogens with one attached hydrogen (secondary N) is 1. The smallest absolute Gasteiger partial charge is 0.309 e. The van der Waals surface area contributed by atoms with Crippen molar-refractivity contribution in [2.24, 2.45) is 5.92 Å². The van der Waals surface area contributed by atoms with Gasteiger partial charge in [-0.05, 0) is 50.5 Å². The number of benzene rings is 1. The van der Waals surface area contributed by atoms with E-state index in [-0.39, 0.29) is 23.3 Å². The molecule has 2 aliphatic rings. The number of carbonyl (C=O) groups excluding carboxylic acids is 3. The molecule has 0 unspecified atom stereocenters. The van der Waals surface area contributed by atoms with Crippen molar-refractivity contribution in [3.8, 4) is 0 Å². The highest BCUT2D eigenvalue weighted by Crippen LogP contribution is 2.22. The van der Waals surface area contributed by atoms with E-state index in [1.54, 1.807) is 29.2 Å². The third-order valence-electron chi connectivity index (χ3n) is 5.45. The number of likely N-dealkylation sites (tertiary alicyclic amines) is 1. The maximum atomic E-state index is 12.5. The van der Waals surface area contributed by atoms with E-state index in [1.165, 1.54) is 6.92 Å². The molecule has 0 saturated carbocycles. The average Bonchev–Trinajstić information content (AvgIpc) is 3.06. The number of halogens is 1. The van der Waals surface area contributed by atoms with Gasteiger partial charge in [0.05, 0.1) is 17.4 Å². The monoisotopic (exact) mass is 456 g/mol. The Morgan fingerprint density at radius 1 is 1.13 bits per heavy atom. The van der Waals surface area contributed by atoms with E-state index in [9.17, 15) is 22.8 Å². The molecule has 3 rings (SSSR count). The Morgan fingerprint density at radius 3 is 2.33 bits per heavy atom. The topological polar surface area (TPSA) is 110 Å². The van der Waals surface area contributed by atoms with Crippen molar-refractivity contribution in [2.45, 2.75) is 38.3 Å². The molecule has 2 aliphatic heterocycles. The molecule has 8 nitrogen and oxygen atoms in total. The SMILES string of the molecule is C[C@@H](OC(=O)C1CCN(C(=O)c2ccc(Cl)cc2)CC1)C(=O)N[C@@H]1CCS(=O)(=O)C1. The molecule has 2 fully saturated rings. The minimum Gasteiger partial charge on any atom is -0.452 e. The lowest BCUT2D eigenvalue weighted by Crippen LogP contribution is -2.44. The fourth-order valence-corrected chi connectivity index (χ4v) is 5.44. The summed E-state index contributed by atoms with van der Waals surface area (Å²) in [5.41, 5.74) is 0.541. The van der Waals surface area contributed by atoms with Crippen LogP contribution >= 0.6 is 11.6 Å². The summed E-state index contributed by atoms with van der Waals surface area (Å²) in [6.45, 7) is 2.30. The molecule has 1 N–H and O–H groups in total. The van der Waals surface area contributed by atoms with E-state index < -0.39 is 33.9 Å². The third kappa shape index (κ3) is 5.72. The van der Waals surface area contributed by atoms with Crippen LogP contribution in [-0.2, 0) is 24.2 Å². The normalized spacial score (nSPS) is 22.3. The van der Waals surface area contributed by atoms with Gasteiger partial charge in [0.15, 0.2) is 15.9 Å². The summed E-state index contributed by atoms with van der Waals surface area (Å²) in [5, 5.41) is 3.19. The molecule has 1 aromatic rings. The van der Waals surface area contributed by atoms with E-state index >= 15 is 0 Å². The lowest BCUT2D eigenvalue weighted by Gasteiger charge is -2.31. The van der Waals surface area contributed by atoms with Crippen LogP contribution in [0, 0.1) is 5.92 Å². The number of ether oxygens (including phenoxy) is 1. The van der Waals surface area contributed by atoms with Crippen molar-refractivity contribution < 1.29 is 27.5 Å². The number of hydrogen-bond acceptors (Lipinski definition) is 6. The van der Waals surface area contributed by atoms with Crippen molar-refractivity contribution in [1.82, 2.24) is 10.2 Å². The summed E-state index contributed by atoms with van der Waals surface area (Å²) >= 11 is 5.85. The highest BCUT2D eigenvalue weighted by molar-refractivity contribution is 7.91. The summed E-state index contributed by atoms with van der Waals surface area (Å²) in [5.74, 6) is -1.51. The number of piperidine rings is 1. The molecule has 30 heavy (non-hydrogen) atoms. The van der Waals surface area contributed by atoms with E-state index in [0.29, 0.717) is 42.9 Å². The summed E-state index contributed by atoms with van der Waals surface area (Å²) in [6, 6.07) is 6.21. The number of hydrogen-bond donors (Lipinski definition) is 1. The lowest BCUT2D eigenvalue weighted by molar-refractivity contribution is -0.160. The number of carbonyl (C=O) groups is 3. The number of rotatable bonds is 5. The Labute approximate surface area is 180 Å². The molecular formula is C20H25ClN2O6S. The van der Waals surface area contributed by atoms with Gasteiger partial charge in [-0.25, -0.2) is 8.42 Å². The summed E-state index contributed by atoms with van der Waals surface area (Å²) in [6.07, 6.45) is 0.268. The largest absolute Gasteiger partial charge is 0.452 e. The molecule has 0 spiro atoms. The van der Waals surface area contributed by atoms with Crippen molar-refractivity contribution in [1.29, 1.82) is 0 Å². The fraction of sp³-hybridized carbons (Fsp3) is 0.550. The van der Waals surface area contributed by atoms with E-state index in [1.807, 2.05) is 0 Å². The van der Waals surface area contributed by atoms with Gasteiger partial charge in [0.2, 0.25) is 0 Å². The first-order valence-electron chi connectivity index (χ1n) is 9.91. The molecule has 10 heteroatoms. The highest BCUT2D eigenvalue weighted by atomic mass is 35.5. The minimum atomic E-state index is -3.10. The zero-order valence-electron chi connectivity index (χ0n) is 16.7. The van der Waals surface area contributed by atoms with Gasteiger partial charge >= 0.3 is 5.97 Å². The van der Waals surface area contributed by atoms with Crippen LogP contribution in [-0.4, -0.2) is 67.8 Å². The second-order valence-corrected chi connectivity index (χ2v) is 10.4. The third-order valence-corrected chi connectivity index (χ3v) is 7.47. The maximum Gasteiger partial charge on any atom is 0.309 e. The molecule has 2 amide bonds. The van der Waals surface area contributed by atoms with Crippen molar-refractivity contribution in [2.75, 3.05) is 24.6 Å². The molecule has 1 aromatic carbocycles. The predicted octanol–water partition coefficient (Wildman–Crippen LogP) is 1.43. The Kier molecular flexibility index (Phi) is 7.02. The van der Waals surface area contributed by atoms with Crippen molar-refractivity contribution in [3.05, 3.63) is 34.9 Å². The van der Waals surface area contributed by atoms with Gasteiger partial charge in [-0.1, -0.05) is 11.6 Å². The Morgan fingerprint density at radius 2 is 1.77 bits per heavy atom. The first-order valence-corrected chi connectivity index (χ1v) is 12.1. The number of amides is 2. The molecule has 0 radical (unpaired) electrons. The van der Waals surface area contributed by atoms with Gasteiger partial charge in [-0.15, -0.1) is 0 Å². The molecule has 2 atom stereocenters. The molecule has 2 saturated heterocycles. The Balaban J connectivity index is 1.45. The summed E-state index contributed by atoms with van der Waals surface area (Å²) in [4.78, 5) is 38.8. The van der Waals surface area contributed by atoms with Crippen LogP contribution in [0.1, 0.15) is 36.5 Å². The van der Waals surface area contributed by atoms with E-state index in [2.05, 4.69) is 5.32 Å². The standard InChI is InChI=1S/C20H25ClN2O6S/c1-13(18(24)22-17-8-11-30(27,28)12-17)29-20(26)15-6-9-23(10-7-15)19(25)14-2-4-16(21)5-3-14/h2-5,13,15,17H,6-12H2,1H3,(H,22,24)/t13-,17-/m1/s1. The van der Waals surface area contributed by atoms with Gasteiger partial charge < -0.3 is 15.0 Å². The van der Waals surface area contributed by atoms with E-state index in [0.717, 1.165) is 0 Å². The van der Waals surface area contributed by atoms with Gasteiger partial charge in [-0.2, -0.15) is 0 Å². The van der Waals surface area contributed by atoms with Gasteiger partial charge in [0, 0.05) is 29.7 Å².